The Bertz CT molecular complexity index is 982. The molecule has 2 aromatic carbocycles. The third-order valence-electron chi connectivity index (χ3n) is 4.05. The predicted octanol–water partition coefficient (Wildman–Crippen LogP) is 3.93. The maximum absolute atomic E-state index is 12.5. The van der Waals surface area contributed by atoms with Crippen LogP contribution in [0.5, 0.6) is 0 Å². The summed E-state index contributed by atoms with van der Waals surface area (Å²) in [4.78, 5) is 52.2. The van der Waals surface area contributed by atoms with E-state index < -0.39 is 23.6 Å². The summed E-state index contributed by atoms with van der Waals surface area (Å²) < 4.78 is 0. The Morgan fingerprint density at radius 1 is 0.552 bits per heavy atom. The molecule has 9 heteroatoms. The highest BCUT2D eigenvalue weighted by Crippen LogP contribution is 2.47. The van der Waals surface area contributed by atoms with E-state index in [0.29, 0.717) is 11.4 Å². The third kappa shape index (κ3) is 3.89. The first-order chi connectivity index (χ1) is 14.1. The highest BCUT2D eigenvalue weighted by Gasteiger charge is 2.35. The summed E-state index contributed by atoms with van der Waals surface area (Å²) in [5.74, 6) is -1.63. The van der Waals surface area contributed by atoms with Crippen LogP contribution in [-0.2, 0) is 19.2 Å². The van der Waals surface area contributed by atoms with Crippen LogP contribution in [0.25, 0.3) is 0 Å². The normalized spacial score (nSPS) is 16.6. The molecule has 2 aliphatic rings. The first kappa shape index (κ1) is 19.6. The number of carbonyl (C=O) groups excluding carboxylic acids is 4. The van der Waals surface area contributed by atoms with Gasteiger partial charge in [0.2, 0.25) is 0 Å². The second-order valence-electron chi connectivity index (χ2n) is 5.88. The van der Waals surface area contributed by atoms with Gasteiger partial charge in [0.15, 0.2) is 0 Å². The third-order valence-corrected chi connectivity index (χ3v) is 7.84. The van der Waals surface area contributed by atoms with Crippen molar-refractivity contribution in [2.24, 2.45) is 0 Å². The first-order valence-electron chi connectivity index (χ1n) is 8.38. The zero-order chi connectivity index (χ0) is 20.4. The summed E-state index contributed by atoms with van der Waals surface area (Å²) in [7, 11) is 3.33. The fourth-order valence-corrected chi connectivity index (χ4v) is 6.44. The molecule has 4 amide bonds. The monoisotopic (exact) mass is 440 g/mol. The minimum atomic E-state index is -0.409. The van der Waals surface area contributed by atoms with E-state index in [4.69, 9.17) is 0 Å². The van der Waals surface area contributed by atoms with Crippen LogP contribution in [-0.4, -0.2) is 23.6 Å². The molecule has 6 nitrogen and oxygen atoms in total. The van der Waals surface area contributed by atoms with E-state index in [0.717, 1.165) is 41.2 Å². The summed E-state index contributed by atoms with van der Waals surface area (Å²) >= 11 is 0. The van der Waals surface area contributed by atoms with Crippen molar-refractivity contribution >= 4 is 66.4 Å². The smallest absolute Gasteiger partial charge is 0.269 e. The Labute approximate surface area is 177 Å². The lowest BCUT2D eigenvalue weighted by Gasteiger charge is -2.14. The number of hydrogen-bond donors (Lipinski definition) is 0. The van der Waals surface area contributed by atoms with Gasteiger partial charge in [0.1, 0.15) is 0 Å². The van der Waals surface area contributed by atoms with Crippen molar-refractivity contribution in [1.29, 1.82) is 0 Å². The maximum Gasteiger partial charge on any atom is 0.272 e. The number of anilines is 2. The van der Waals surface area contributed by atoms with E-state index in [-0.39, 0.29) is 9.81 Å². The molecule has 2 heterocycles. The summed E-state index contributed by atoms with van der Waals surface area (Å²) in [6.07, 6.45) is 2.56. The average Bonchev–Trinajstić information content (AvgIpc) is 3.17. The zero-order valence-corrected chi connectivity index (χ0v) is 17.1. The molecule has 2 aliphatic heterocycles. The molecule has 144 valence electrons. The number of para-hydroxylation sites is 2. The van der Waals surface area contributed by atoms with Crippen LogP contribution >= 0.6 is 31.4 Å². The lowest BCUT2D eigenvalue weighted by molar-refractivity contribution is -0.121. The SMILES string of the molecule is O=C1C=C(SSSC2=CC(=O)N(c3ccccc3)C2=O)C(=O)N1c1ccccc1. The molecule has 0 N–H and O–H groups in total. The average molecular weight is 441 g/mol. The van der Waals surface area contributed by atoms with Gasteiger partial charge in [-0.15, -0.1) is 0 Å². The minimum Gasteiger partial charge on any atom is -0.269 e. The second kappa shape index (κ2) is 8.32. The topological polar surface area (TPSA) is 74.8 Å². The molecule has 4 rings (SSSR count). The van der Waals surface area contributed by atoms with E-state index in [1.807, 2.05) is 0 Å². The van der Waals surface area contributed by atoms with Crippen LogP contribution in [0.1, 0.15) is 0 Å². The molecule has 0 aliphatic carbocycles. The van der Waals surface area contributed by atoms with Crippen LogP contribution in [0.4, 0.5) is 11.4 Å². The predicted molar refractivity (Wildman–Crippen MR) is 117 cm³/mol. The first-order valence-corrected chi connectivity index (χ1v) is 11.9. The van der Waals surface area contributed by atoms with Crippen molar-refractivity contribution < 1.29 is 19.2 Å². The number of benzene rings is 2. The molecule has 0 bridgehead atoms. The van der Waals surface area contributed by atoms with Crippen LogP contribution in [0.2, 0.25) is 0 Å². The molecule has 0 fully saturated rings. The maximum atomic E-state index is 12.5. The van der Waals surface area contributed by atoms with Crippen LogP contribution in [0.15, 0.2) is 82.6 Å². The van der Waals surface area contributed by atoms with Gasteiger partial charge in [0.05, 0.1) is 21.2 Å². The zero-order valence-electron chi connectivity index (χ0n) is 14.7. The van der Waals surface area contributed by atoms with Gasteiger partial charge in [0.25, 0.3) is 23.6 Å². The fourth-order valence-electron chi connectivity index (χ4n) is 2.75. The van der Waals surface area contributed by atoms with E-state index in [1.54, 1.807) is 60.7 Å². The number of imide groups is 2. The molecule has 0 radical (unpaired) electrons. The molecule has 0 unspecified atom stereocenters. The van der Waals surface area contributed by atoms with Crippen LogP contribution in [0.3, 0.4) is 0 Å². The van der Waals surface area contributed by atoms with E-state index in [9.17, 15) is 19.2 Å². The lowest BCUT2D eigenvalue weighted by atomic mass is 10.3. The van der Waals surface area contributed by atoms with Crippen molar-refractivity contribution in [3.05, 3.63) is 82.6 Å². The number of amides is 4. The molecule has 29 heavy (non-hydrogen) atoms. The quantitative estimate of drug-likeness (QED) is 0.498. The molecule has 0 saturated heterocycles. The Morgan fingerprint density at radius 3 is 1.31 bits per heavy atom. The fraction of sp³-hybridized carbons (Fsp3) is 0. The van der Waals surface area contributed by atoms with Crippen molar-refractivity contribution in [3.8, 4) is 0 Å². The highest BCUT2D eigenvalue weighted by atomic mass is 33.5. The molecule has 0 saturated carbocycles. The van der Waals surface area contributed by atoms with Gasteiger partial charge in [-0.3, -0.25) is 19.2 Å². The Morgan fingerprint density at radius 2 is 0.931 bits per heavy atom. The minimum absolute atomic E-state index is 0.272. The van der Waals surface area contributed by atoms with Gasteiger partial charge < -0.3 is 0 Å². The van der Waals surface area contributed by atoms with Gasteiger partial charge in [-0.25, -0.2) is 9.80 Å². The summed E-state index contributed by atoms with van der Waals surface area (Å²) in [5, 5.41) is 0. The number of carbonyl (C=O) groups is 4. The van der Waals surface area contributed by atoms with Gasteiger partial charge in [-0.05, 0) is 55.7 Å². The summed E-state index contributed by atoms with van der Waals surface area (Å²) in [6.45, 7) is 0. The van der Waals surface area contributed by atoms with Crippen molar-refractivity contribution in [2.45, 2.75) is 0 Å². The molecule has 0 atom stereocenters. The van der Waals surface area contributed by atoms with Crippen LogP contribution in [0, 0.1) is 0 Å². The van der Waals surface area contributed by atoms with E-state index >= 15 is 0 Å². The molecule has 0 aromatic heterocycles. The molecular weight excluding hydrogens is 428 g/mol. The number of rotatable bonds is 6. The number of nitrogens with zero attached hydrogens (tertiary/aromatic N) is 2. The van der Waals surface area contributed by atoms with Crippen molar-refractivity contribution in [2.75, 3.05) is 9.80 Å². The number of hydrogen-bond acceptors (Lipinski definition) is 7. The van der Waals surface area contributed by atoms with Gasteiger partial charge in [-0.2, -0.15) is 0 Å². The standard InChI is InChI=1S/C20H12N2O4S3/c23-17-11-15(19(25)21(17)13-7-3-1-4-8-13)27-29-28-16-12-18(24)22(20(16)26)14-9-5-2-6-10-14/h1-12H. The van der Waals surface area contributed by atoms with Gasteiger partial charge >= 0.3 is 0 Å². The summed E-state index contributed by atoms with van der Waals surface area (Å²) in [5.41, 5.74) is 1.01. The Hall–Kier alpha value is -2.75. The molecular formula is C20H12N2O4S3. The van der Waals surface area contributed by atoms with E-state index in [1.165, 1.54) is 12.2 Å². The van der Waals surface area contributed by atoms with Gasteiger partial charge in [0, 0.05) is 12.2 Å². The largest absolute Gasteiger partial charge is 0.272 e. The molecule has 0 spiro atoms. The van der Waals surface area contributed by atoms with Crippen LogP contribution < -0.4 is 9.80 Å². The summed E-state index contributed by atoms with van der Waals surface area (Å²) in [6, 6.07) is 17.3. The highest BCUT2D eigenvalue weighted by molar-refractivity contribution is 9.11. The van der Waals surface area contributed by atoms with Gasteiger partial charge in [-0.1, -0.05) is 36.4 Å². The van der Waals surface area contributed by atoms with Crippen molar-refractivity contribution in [3.63, 3.8) is 0 Å². The van der Waals surface area contributed by atoms with Crippen molar-refractivity contribution in [1.82, 2.24) is 0 Å². The Balaban J connectivity index is 1.37. The molecule has 2 aromatic rings. The Kier molecular flexibility index (Phi) is 5.61. The lowest BCUT2D eigenvalue weighted by Crippen LogP contribution is -2.30. The van der Waals surface area contributed by atoms with E-state index in [2.05, 4.69) is 0 Å². The second-order valence-corrected chi connectivity index (χ2v) is 9.86.